The van der Waals surface area contributed by atoms with E-state index >= 15 is 0 Å². The van der Waals surface area contributed by atoms with Crippen molar-refractivity contribution in [1.29, 1.82) is 0 Å². The van der Waals surface area contributed by atoms with Gasteiger partial charge in [-0.1, -0.05) is 65.5 Å². The summed E-state index contributed by atoms with van der Waals surface area (Å²) >= 11 is 0. The van der Waals surface area contributed by atoms with Gasteiger partial charge in [0.2, 0.25) is 0 Å². The first-order valence-corrected chi connectivity index (χ1v) is 16.8. The van der Waals surface area contributed by atoms with E-state index in [1.54, 1.807) is 5.57 Å². The molecule has 3 nitrogen and oxygen atoms in total. The van der Waals surface area contributed by atoms with Crippen molar-refractivity contribution in [1.82, 2.24) is 4.90 Å². The second-order valence-electron chi connectivity index (χ2n) is 15.8. The lowest BCUT2D eigenvalue weighted by Crippen LogP contribution is -2.52. The SMILES string of the molecule is CC(C)CCCC(C)[C@H]1CC[C@H]2[C@@H]3CC=C4C[C@@H](OC(=O)C5CN6CCC5CC6)CC[C@]4(C)[C@H]3CC[C@]12C. The molecule has 3 heteroatoms. The van der Waals surface area contributed by atoms with E-state index in [4.69, 9.17) is 4.74 Å². The van der Waals surface area contributed by atoms with Crippen molar-refractivity contribution in [2.75, 3.05) is 19.6 Å². The molecule has 0 amide bonds. The molecule has 0 aromatic carbocycles. The second kappa shape index (κ2) is 10.5. The molecule has 0 N–H and O–H groups in total. The number of rotatable bonds is 7. The normalized spacial score (nSPS) is 46.6. The van der Waals surface area contributed by atoms with E-state index < -0.39 is 0 Å². The summed E-state index contributed by atoms with van der Waals surface area (Å²) in [6.45, 7) is 16.0. The molecule has 3 heterocycles. The molecule has 0 radical (unpaired) electrons. The van der Waals surface area contributed by atoms with Crippen LogP contribution in [-0.2, 0) is 9.53 Å². The fourth-order valence-electron chi connectivity index (χ4n) is 11.2. The van der Waals surface area contributed by atoms with Crippen molar-refractivity contribution < 1.29 is 9.53 Å². The summed E-state index contributed by atoms with van der Waals surface area (Å²) in [5.74, 6) is 6.11. The molecule has 9 atom stereocenters. The van der Waals surface area contributed by atoms with Crippen LogP contribution in [0.2, 0.25) is 0 Å². The molecule has 3 saturated carbocycles. The van der Waals surface area contributed by atoms with Crippen LogP contribution < -0.4 is 0 Å². The van der Waals surface area contributed by atoms with Crippen molar-refractivity contribution in [3.8, 4) is 0 Å². The highest BCUT2D eigenvalue weighted by Gasteiger charge is 2.59. The Morgan fingerprint density at radius 2 is 1.79 bits per heavy atom. The van der Waals surface area contributed by atoms with Gasteiger partial charge in [0.25, 0.3) is 0 Å². The van der Waals surface area contributed by atoms with Crippen LogP contribution >= 0.6 is 0 Å². The highest BCUT2D eigenvalue weighted by molar-refractivity contribution is 5.73. The zero-order valence-corrected chi connectivity index (χ0v) is 25.4. The first kappa shape index (κ1) is 27.3. The van der Waals surface area contributed by atoms with Gasteiger partial charge in [0.1, 0.15) is 6.10 Å². The maximum atomic E-state index is 13.2. The largest absolute Gasteiger partial charge is 0.462 e. The van der Waals surface area contributed by atoms with Crippen LogP contribution in [0.5, 0.6) is 0 Å². The summed E-state index contributed by atoms with van der Waals surface area (Å²) in [6, 6.07) is 0. The van der Waals surface area contributed by atoms with Gasteiger partial charge in [-0.3, -0.25) is 4.79 Å². The van der Waals surface area contributed by atoms with Gasteiger partial charge in [-0.2, -0.15) is 0 Å². The summed E-state index contributed by atoms with van der Waals surface area (Å²) in [6.07, 6.45) is 19.8. The van der Waals surface area contributed by atoms with Crippen molar-refractivity contribution >= 4 is 5.97 Å². The molecule has 0 spiro atoms. The predicted molar refractivity (Wildman–Crippen MR) is 156 cm³/mol. The van der Waals surface area contributed by atoms with Crippen LogP contribution in [0.25, 0.3) is 0 Å². The highest BCUT2D eigenvalue weighted by Crippen LogP contribution is 2.67. The number of piperidine rings is 3. The summed E-state index contributed by atoms with van der Waals surface area (Å²) in [7, 11) is 0. The third-order valence-electron chi connectivity index (χ3n) is 13.5. The molecule has 6 fully saturated rings. The summed E-state index contributed by atoms with van der Waals surface area (Å²) in [5.41, 5.74) is 2.54. The van der Waals surface area contributed by atoms with Gasteiger partial charge in [0.05, 0.1) is 5.92 Å². The Hall–Kier alpha value is -0.830. The first-order valence-electron chi connectivity index (χ1n) is 16.8. The highest BCUT2D eigenvalue weighted by atomic mass is 16.5. The zero-order chi connectivity index (χ0) is 26.7. The Bertz CT molecular complexity index is 902. The fourth-order valence-corrected chi connectivity index (χ4v) is 11.2. The predicted octanol–water partition coefficient (Wildman–Crippen LogP) is 8.28. The second-order valence-corrected chi connectivity index (χ2v) is 15.8. The molecule has 38 heavy (non-hydrogen) atoms. The van der Waals surface area contributed by atoms with E-state index in [1.165, 1.54) is 83.7 Å². The molecule has 2 bridgehead atoms. The van der Waals surface area contributed by atoms with Gasteiger partial charge in [-0.25, -0.2) is 0 Å². The third-order valence-corrected chi connectivity index (χ3v) is 13.5. The maximum absolute atomic E-state index is 13.2. The van der Waals surface area contributed by atoms with Crippen molar-refractivity contribution in [3.63, 3.8) is 0 Å². The number of carbonyl (C=O) groups excluding carboxylic acids is 1. The van der Waals surface area contributed by atoms with Gasteiger partial charge in [-0.15, -0.1) is 0 Å². The number of nitrogens with zero attached hydrogens (tertiary/aromatic N) is 1. The minimum atomic E-state index is 0.116. The van der Waals surface area contributed by atoms with E-state index in [2.05, 4.69) is 45.6 Å². The molecule has 2 unspecified atom stereocenters. The number of allylic oxidation sites excluding steroid dienone is 1. The molecule has 0 aromatic rings. The van der Waals surface area contributed by atoms with Gasteiger partial charge in [0.15, 0.2) is 0 Å². The van der Waals surface area contributed by atoms with E-state index in [9.17, 15) is 4.79 Å². The van der Waals surface area contributed by atoms with Crippen molar-refractivity contribution in [3.05, 3.63) is 11.6 Å². The topological polar surface area (TPSA) is 29.5 Å². The number of fused-ring (bicyclic) bond motifs is 8. The Morgan fingerprint density at radius 3 is 2.50 bits per heavy atom. The molecule has 4 aliphatic carbocycles. The van der Waals surface area contributed by atoms with Crippen LogP contribution in [0.3, 0.4) is 0 Å². The van der Waals surface area contributed by atoms with E-state index in [-0.39, 0.29) is 18.0 Å². The number of carbonyl (C=O) groups is 1. The van der Waals surface area contributed by atoms with Crippen molar-refractivity contribution in [2.45, 2.75) is 124 Å². The molecule has 3 aliphatic heterocycles. The van der Waals surface area contributed by atoms with Gasteiger partial charge in [-0.05, 0) is 123 Å². The lowest BCUT2D eigenvalue weighted by atomic mass is 9.47. The van der Waals surface area contributed by atoms with Crippen molar-refractivity contribution in [2.24, 2.45) is 58.2 Å². The molecule has 3 saturated heterocycles. The fraction of sp³-hybridized carbons (Fsp3) is 0.914. The van der Waals surface area contributed by atoms with E-state index in [0.717, 1.165) is 54.9 Å². The van der Waals surface area contributed by atoms with Crippen LogP contribution in [0.15, 0.2) is 11.6 Å². The minimum absolute atomic E-state index is 0.116. The quantitative estimate of drug-likeness (QED) is 0.248. The standard InChI is InChI=1S/C35H57NO2/c1-23(2)7-6-8-24(3)30-11-12-31-28-10-9-26-21-27(13-17-34(26,4)32(28)14-18-35(30,31)5)38-33(37)29-22-36-19-15-25(29)16-20-36/h9,23-25,27-32H,6-8,10-22H2,1-5H3/t24?,27-,28-,29?,30+,31-,32-,34-,35+/m0/s1. The van der Waals surface area contributed by atoms with Crippen LogP contribution in [-0.4, -0.2) is 36.6 Å². The molecular weight excluding hydrogens is 466 g/mol. The zero-order valence-electron chi connectivity index (χ0n) is 25.4. The molecule has 7 rings (SSSR count). The van der Waals surface area contributed by atoms with Gasteiger partial charge >= 0.3 is 5.97 Å². The Kier molecular flexibility index (Phi) is 7.58. The Morgan fingerprint density at radius 1 is 1.00 bits per heavy atom. The number of esters is 1. The molecular formula is C35H57NO2. The number of hydrogen-bond donors (Lipinski definition) is 0. The van der Waals surface area contributed by atoms with E-state index in [1.807, 2.05) is 0 Å². The molecule has 7 aliphatic rings. The smallest absolute Gasteiger partial charge is 0.310 e. The van der Waals surface area contributed by atoms with E-state index in [0.29, 0.717) is 16.7 Å². The Labute approximate surface area is 233 Å². The lowest BCUT2D eigenvalue weighted by molar-refractivity contribution is -0.163. The molecule has 0 aromatic heterocycles. The van der Waals surface area contributed by atoms with Crippen LogP contribution in [0.1, 0.15) is 118 Å². The monoisotopic (exact) mass is 523 g/mol. The van der Waals surface area contributed by atoms with Crippen LogP contribution in [0, 0.1) is 58.2 Å². The number of ether oxygens (including phenoxy) is 1. The summed E-state index contributed by atoms with van der Waals surface area (Å²) in [5, 5.41) is 0. The first-order chi connectivity index (χ1) is 18.2. The summed E-state index contributed by atoms with van der Waals surface area (Å²) in [4.78, 5) is 15.7. The average Bonchev–Trinajstić information content (AvgIpc) is 3.26. The lowest BCUT2D eigenvalue weighted by Gasteiger charge is -2.58. The van der Waals surface area contributed by atoms with Crippen LogP contribution in [0.4, 0.5) is 0 Å². The minimum Gasteiger partial charge on any atom is -0.462 e. The average molecular weight is 524 g/mol. The van der Waals surface area contributed by atoms with Gasteiger partial charge in [0, 0.05) is 13.0 Å². The maximum Gasteiger partial charge on any atom is 0.310 e. The van der Waals surface area contributed by atoms with Gasteiger partial charge < -0.3 is 9.64 Å². The third kappa shape index (κ3) is 4.73. The molecule has 214 valence electrons. The Balaban J connectivity index is 1.10. The summed E-state index contributed by atoms with van der Waals surface area (Å²) < 4.78 is 6.28. The number of hydrogen-bond acceptors (Lipinski definition) is 3.